The number of hydrogen-bond acceptors (Lipinski definition) is 3. The Morgan fingerprint density at radius 3 is 2.64 bits per heavy atom. The summed E-state index contributed by atoms with van der Waals surface area (Å²) in [6.07, 6.45) is 2.07. The van der Waals surface area contributed by atoms with Crippen molar-refractivity contribution in [1.82, 2.24) is 10.3 Å². The third kappa shape index (κ3) is 3.42. The third-order valence-corrected chi connectivity index (χ3v) is 2.57. The number of pyridine rings is 1. The topological polar surface area (TPSA) is 34.1 Å². The van der Waals surface area contributed by atoms with Gasteiger partial charge in [-0.15, -0.1) is 24.8 Å². The van der Waals surface area contributed by atoms with E-state index >= 15 is 0 Å². The molecule has 0 aliphatic carbocycles. The average molecular weight is 349 g/mol. The second-order valence-electron chi connectivity index (χ2n) is 2.69. The highest BCUT2D eigenvalue weighted by atomic mass is 127. The van der Waals surface area contributed by atoms with Gasteiger partial charge in [0, 0.05) is 19.3 Å². The average Bonchev–Trinajstić information content (AvgIpc) is 2.00. The van der Waals surface area contributed by atoms with Gasteiger partial charge in [-0.3, -0.25) is 0 Å². The molecule has 0 unspecified atom stereocenters. The third-order valence-electron chi connectivity index (χ3n) is 1.75. The maximum Gasteiger partial charge on any atom is 0.227 e. The molecule has 1 aromatic heterocycles. The molecule has 2 heterocycles. The highest BCUT2D eigenvalue weighted by Crippen LogP contribution is 2.18. The Bertz CT molecular complexity index is 284. The summed E-state index contributed by atoms with van der Waals surface area (Å²) in [5.74, 6) is 0.754. The Morgan fingerprint density at radius 2 is 2.14 bits per heavy atom. The van der Waals surface area contributed by atoms with E-state index in [9.17, 15) is 0 Å². The molecule has 0 spiro atoms. The highest BCUT2D eigenvalue weighted by molar-refractivity contribution is 14.1. The smallest absolute Gasteiger partial charge is 0.227 e. The summed E-state index contributed by atoms with van der Waals surface area (Å²) in [4.78, 5) is 4.14. The molecular weight excluding hydrogens is 338 g/mol. The van der Waals surface area contributed by atoms with Gasteiger partial charge in [0.05, 0.1) is 3.57 Å². The molecule has 3 nitrogen and oxygen atoms in total. The first-order chi connectivity index (χ1) is 5.86. The van der Waals surface area contributed by atoms with Crippen molar-refractivity contribution in [3.05, 3.63) is 21.9 Å². The van der Waals surface area contributed by atoms with Crippen LogP contribution in [0.1, 0.15) is 0 Å². The number of hydrogen-bond donors (Lipinski definition) is 1. The van der Waals surface area contributed by atoms with Crippen LogP contribution in [-0.2, 0) is 0 Å². The number of rotatable bonds is 2. The largest absolute Gasteiger partial charge is 0.471 e. The molecule has 1 aliphatic heterocycles. The quantitative estimate of drug-likeness (QED) is 0.829. The summed E-state index contributed by atoms with van der Waals surface area (Å²) in [5, 5.41) is 3.15. The van der Waals surface area contributed by atoms with Crippen LogP contribution in [0, 0.1) is 3.57 Å². The van der Waals surface area contributed by atoms with Gasteiger partial charge >= 0.3 is 0 Å². The first-order valence-corrected chi connectivity index (χ1v) is 4.92. The second-order valence-corrected chi connectivity index (χ2v) is 3.85. The van der Waals surface area contributed by atoms with Gasteiger partial charge in [-0.1, -0.05) is 0 Å². The molecule has 1 fully saturated rings. The molecule has 2 rings (SSSR count). The van der Waals surface area contributed by atoms with Gasteiger partial charge < -0.3 is 10.1 Å². The second kappa shape index (κ2) is 6.66. The van der Waals surface area contributed by atoms with E-state index in [-0.39, 0.29) is 24.8 Å². The Morgan fingerprint density at radius 1 is 1.43 bits per heavy atom. The van der Waals surface area contributed by atoms with Crippen molar-refractivity contribution in [1.29, 1.82) is 0 Å². The summed E-state index contributed by atoms with van der Waals surface area (Å²) in [6, 6.07) is 3.91. The van der Waals surface area contributed by atoms with Crippen molar-refractivity contribution < 1.29 is 4.74 Å². The SMILES string of the molecule is Cl.Cl.Ic1cccnc1OC1CNC1. The molecular formula is C8H11Cl2IN2O. The first kappa shape index (κ1) is 14.2. The fourth-order valence-electron chi connectivity index (χ4n) is 0.961. The van der Waals surface area contributed by atoms with Gasteiger partial charge in [0.1, 0.15) is 6.10 Å². The van der Waals surface area contributed by atoms with E-state index < -0.39 is 0 Å². The van der Waals surface area contributed by atoms with Crippen molar-refractivity contribution >= 4 is 47.4 Å². The minimum absolute atomic E-state index is 0. The van der Waals surface area contributed by atoms with Crippen LogP contribution in [0.4, 0.5) is 0 Å². The molecule has 0 bridgehead atoms. The maximum absolute atomic E-state index is 5.60. The lowest BCUT2D eigenvalue weighted by Crippen LogP contribution is -2.50. The summed E-state index contributed by atoms with van der Waals surface area (Å²) in [5.41, 5.74) is 0. The predicted octanol–water partition coefficient (Wildman–Crippen LogP) is 1.88. The van der Waals surface area contributed by atoms with E-state index in [1.54, 1.807) is 6.20 Å². The van der Waals surface area contributed by atoms with Gasteiger partial charge in [-0.05, 0) is 34.7 Å². The Kier molecular flexibility index (Phi) is 6.76. The Hall–Kier alpha value is 0.220. The number of nitrogens with zero attached hydrogens (tertiary/aromatic N) is 1. The fourth-order valence-corrected chi connectivity index (χ4v) is 1.44. The molecule has 14 heavy (non-hydrogen) atoms. The molecule has 1 aliphatic rings. The lowest BCUT2D eigenvalue weighted by Gasteiger charge is -2.27. The molecule has 0 saturated carbocycles. The van der Waals surface area contributed by atoms with Crippen LogP contribution < -0.4 is 10.1 Å². The molecule has 0 amide bonds. The van der Waals surface area contributed by atoms with Crippen LogP contribution in [0.15, 0.2) is 18.3 Å². The first-order valence-electron chi connectivity index (χ1n) is 3.84. The van der Waals surface area contributed by atoms with E-state index in [2.05, 4.69) is 32.9 Å². The summed E-state index contributed by atoms with van der Waals surface area (Å²) >= 11 is 2.23. The van der Waals surface area contributed by atoms with E-state index in [4.69, 9.17) is 4.74 Å². The van der Waals surface area contributed by atoms with Crippen LogP contribution in [0.25, 0.3) is 0 Å². The van der Waals surface area contributed by atoms with E-state index in [1.807, 2.05) is 12.1 Å². The van der Waals surface area contributed by atoms with Crippen LogP contribution in [0.2, 0.25) is 0 Å². The summed E-state index contributed by atoms with van der Waals surface area (Å²) in [6.45, 7) is 1.87. The van der Waals surface area contributed by atoms with Crippen molar-refractivity contribution in [2.75, 3.05) is 13.1 Å². The minimum Gasteiger partial charge on any atom is -0.471 e. The fraction of sp³-hybridized carbons (Fsp3) is 0.375. The molecule has 1 saturated heterocycles. The monoisotopic (exact) mass is 348 g/mol. The van der Waals surface area contributed by atoms with Gasteiger partial charge in [-0.25, -0.2) is 4.98 Å². The molecule has 1 aromatic rings. The molecule has 0 aromatic carbocycles. The Balaban J connectivity index is 0.000000845. The van der Waals surface area contributed by atoms with Crippen molar-refractivity contribution in [3.8, 4) is 5.88 Å². The van der Waals surface area contributed by atoms with Crippen molar-refractivity contribution in [2.45, 2.75) is 6.10 Å². The highest BCUT2D eigenvalue weighted by Gasteiger charge is 2.19. The van der Waals surface area contributed by atoms with Gasteiger partial charge in [0.2, 0.25) is 5.88 Å². The predicted molar refractivity (Wildman–Crippen MR) is 68.7 cm³/mol. The zero-order chi connectivity index (χ0) is 8.39. The van der Waals surface area contributed by atoms with Gasteiger partial charge in [0.25, 0.3) is 0 Å². The van der Waals surface area contributed by atoms with Crippen LogP contribution in [0.3, 0.4) is 0 Å². The van der Waals surface area contributed by atoms with Gasteiger partial charge in [-0.2, -0.15) is 0 Å². The molecule has 1 N–H and O–H groups in total. The van der Waals surface area contributed by atoms with E-state index in [1.165, 1.54) is 0 Å². The van der Waals surface area contributed by atoms with Crippen LogP contribution >= 0.6 is 47.4 Å². The summed E-state index contributed by atoms with van der Waals surface area (Å²) in [7, 11) is 0. The number of nitrogens with one attached hydrogen (secondary N) is 1. The lowest BCUT2D eigenvalue weighted by molar-refractivity contribution is 0.135. The molecule has 0 atom stereocenters. The Labute approximate surface area is 109 Å². The number of halogens is 3. The van der Waals surface area contributed by atoms with Gasteiger partial charge in [0.15, 0.2) is 0 Å². The standard InChI is InChI=1S/C8H9IN2O.2ClH/c9-7-2-1-3-11-8(7)12-6-4-10-5-6;;/h1-3,6,10H,4-5H2;2*1H. The number of aromatic nitrogens is 1. The zero-order valence-electron chi connectivity index (χ0n) is 7.27. The summed E-state index contributed by atoms with van der Waals surface area (Å²) < 4.78 is 6.67. The maximum atomic E-state index is 5.60. The molecule has 6 heteroatoms. The normalized spacial score (nSPS) is 14.6. The minimum atomic E-state index is 0. The molecule has 0 radical (unpaired) electrons. The number of ether oxygens (including phenoxy) is 1. The van der Waals surface area contributed by atoms with E-state index in [0.29, 0.717) is 6.10 Å². The van der Waals surface area contributed by atoms with Crippen molar-refractivity contribution in [3.63, 3.8) is 0 Å². The molecule has 80 valence electrons. The van der Waals surface area contributed by atoms with E-state index in [0.717, 1.165) is 22.5 Å². The van der Waals surface area contributed by atoms with Crippen LogP contribution in [-0.4, -0.2) is 24.2 Å². The van der Waals surface area contributed by atoms with Crippen molar-refractivity contribution in [2.24, 2.45) is 0 Å². The zero-order valence-corrected chi connectivity index (χ0v) is 11.1. The lowest BCUT2D eigenvalue weighted by atomic mass is 10.2. The van der Waals surface area contributed by atoms with Crippen LogP contribution in [0.5, 0.6) is 5.88 Å².